The standard InChI is InChI=1S/C16H28BrN3/c1-11(2)8-7-9-12(3)18-14-10-13(17)19-15(20-14)16(4,5)6/h10-12H,7-9H2,1-6H3,(H,18,19,20). The van der Waals surface area contributed by atoms with Gasteiger partial charge in [0.1, 0.15) is 16.2 Å². The summed E-state index contributed by atoms with van der Waals surface area (Å²) < 4.78 is 0.842. The lowest BCUT2D eigenvalue weighted by atomic mass is 9.96. The van der Waals surface area contributed by atoms with Crippen molar-refractivity contribution in [2.45, 2.75) is 72.3 Å². The zero-order chi connectivity index (χ0) is 15.3. The van der Waals surface area contributed by atoms with E-state index in [4.69, 9.17) is 0 Å². The van der Waals surface area contributed by atoms with Gasteiger partial charge < -0.3 is 5.32 Å². The van der Waals surface area contributed by atoms with Crippen molar-refractivity contribution in [3.8, 4) is 0 Å². The fraction of sp³-hybridized carbons (Fsp3) is 0.750. The van der Waals surface area contributed by atoms with Crippen LogP contribution >= 0.6 is 15.9 Å². The molecule has 0 fully saturated rings. The van der Waals surface area contributed by atoms with Crippen LogP contribution in [0.15, 0.2) is 10.7 Å². The van der Waals surface area contributed by atoms with E-state index < -0.39 is 0 Å². The fourth-order valence-electron chi connectivity index (χ4n) is 1.98. The lowest BCUT2D eigenvalue weighted by molar-refractivity contribution is 0.518. The Morgan fingerprint density at radius 1 is 1.15 bits per heavy atom. The molecule has 1 unspecified atom stereocenters. The summed E-state index contributed by atoms with van der Waals surface area (Å²) in [6.07, 6.45) is 3.71. The van der Waals surface area contributed by atoms with Crippen molar-refractivity contribution in [2.24, 2.45) is 5.92 Å². The van der Waals surface area contributed by atoms with Crippen molar-refractivity contribution < 1.29 is 0 Å². The highest BCUT2D eigenvalue weighted by Crippen LogP contribution is 2.23. The van der Waals surface area contributed by atoms with Crippen molar-refractivity contribution in [1.29, 1.82) is 0 Å². The topological polar surface area (TPSA) is 37.8 Å². The lowest BCUT2D eigenvalue weighted by Gasteiger charge is -2.20. The Morgan fingerprint density at radius 2 is 1.80 bits per heavy atom. The minimum atomic E-state index is -0.0406. The molecule has 0 aliphatic carbocycles. The SMILES string of the molecule is CC(C)CCCC(C)Nc1cc(Br)nc(C(C)(C)C)n1. The van der Waals surface area contributed by atoms with E-state index in [9.17, 15) is 0 Å². The smallest absolute Gasteiger partial charge is 0.137 e. The summed E-state index contributed by atoms with van der Waals surface area (Å²) in [4.78, 5) is 9.10. The van der Waals surface area contributed by atoms with Crippen LogP contribution in [0.5, 0.6) is 0 Å². The average molecular weight is 342 g/mol. The summed E-state index contributed by atoms with van der Waals surface area (Å²) in [5, 5.41) is 3.49. The van der Waals surface area contributed by atoms with E-state index in [0.29, 0.717) is 6.04 Å². The fourth-order valence-corrected chi connectivity index (χ4v) is 2.37. The van der Waals surface area contributed by atoms with Gasteiger partial charge in [-0.3, -0.25) is 0 Å². The highest BCUT2D eigenvalue weighted by molar-refractivity contribution is 9.10. The maximum absolute atomic E-state index is 4.64. The molecule has 0 spiro atoms. The van der Waals surface area contributed by atoms with Crippen LogP contribution in [0.2, 0.25) is 0 Å². The molecular formula is C16H28BrN3. The Balaban J connectivity index is 2.65. The predicted octanol–water partition coefficient (Wildman–Crippen LogP) is 5.16. The molecule has 4 heteroatoms. The molecule has 114 valence electrons. The number of hydrogen-bond donors (Lipinski definition) is 1. The monoisotopic (exact) mass is 341 g/mol. The van der Waals surface area contributed by atoms with Crippen LogP contribution in [0, 0.1) is 5.92 Å². The molecular weight excluding hydrogens is 314 g/mol. The molecule has 1 aromatic heterocycles. The van der Waals surface area contributed by atoms with E-state index in [1.54, 1.807) is 0 Å². The van der Waals surface area contributed by atoms with Gasteiger partial charge in [0.25, 0.3) is 0 Å². The second kappa shape index (κ2) is 7.39. The van der Waals surface area contributed by atoms with Gasteiger partial charge in [0, 0.05) is 17.5 Å². The first-order chi connectivity index (χ1) is 9.18. The van der Waals surface area contributed by atoms with Gasteiger partial charge in [-0.15, -0.1) is 0 Å². The van der Waals surface area contributed by atoms with E-state index in [1.807, 2.05) is 6.07 Å². The Labute approximate surface area is 132 Å². The Morgan fingerprint density at radius 3 is 2.35 bits per heavy atom. The number of hydrogen-bond acceptors (Lipinski definition) is 3. The minimum Gasteiger partial charge on any atom is -0.367 e. The first-order valence-corrected chi connectivity index (χ1v) is 8.29. The summed E-state index contributed by atoms with van der Waals surface area (Å²) in [5.74, 6) is 2.56. The maximum Gasteiger partial charge on any atom is 0.137 e. The molecule has 1 aromatic rings. The van der Waals surface area contributed by atoms with Crippen molar-refractivity contribution in [3.05, 3.63) is 16.5 Å². The molecule has 1 atom stereocenters. The van der Waals surface area contributed by atoms with Crippen LogP contribution in [0.25, 0.3) is 0 Å². The highest BCUT2D eigenvalue weighted by Gasteiger charge is 2.19. The molecule has 3 nitrogen and oxygen atoms in total. The first-order valence-electron chi connectivity index (χ1n) is 7.50. The summed E-state index contributed by atoms with van der Waals surface area (Å²) >= 11 is 3.48. The highest BCUT2D eigenvalue weighted by atomic mass is 79.9. The molecule has 0 bridgehead atoms. The van der Waals surface area contributed by atoms with E-state index in [2.05, 4.69) is 72.8 Å². The molecule has 0 aliphatic heterocycles. The molecule has 20 heavy (non-hydrogen) atoms. The summed E-state index contributed by atoms with van der Waals surface area (Å²) in [6.45, 7) is 13.2. The van der Waals surface area contributed by atoms with Gasteiger partial charge in [-0.05, 0) is 35.2 Å². The number of halogens is 1. The van der Waals surface area contributed by atoms with Crippen LogP contribution < -0.4 is 5.32 Å². The number of nitrogens with one attached hydrogen (secondary N) is 1. The van der Waals surface area contributed by atoms with Crippen molar-refractivity contribution in [3.63, 3.8) is 0 Å². The van der Waals surface area contributed by atoms with Gasteiger partial charge in [-0.25, -0.2) is 9.97 Å². The molecule has 0 aromatic carbocycles. The normalized spacial score (nSPS) is 13.6. The van der Waals surface area contributed by atoms with Gasteiger partial charge in [-0.1, -0.05) is 47.5 Å². The second-order valence-electron chi connectivity index (χ2n) is 7.02. The predicted molar refractivity (Wildman–Crippen MR) is 90.2 cm³/mol. The summed E-state index contributed by atoms with van der Waals surface area (Å²) in [5.41, 5.74) is -0.0406. The number of rotatable bonds is 6. The zero-order valence-corrected chi connectivity index (χ0v) is 15.2. The summed E-state index contributed by atoms with van der Waals surface area (Å²) in [7, 11) is 0. The third-order valence-electron chi connectivity index (χ3n) is 3.18. The van der Waals surface area contributed by atoms with Crippen LogP contribution in [-0.4, -0.2) is 16.0 Å². The molecule has 0 amide bonds. The average Bonchev–Trinajstić information content (AvgIpc) is 2.26. The summed E-state index contributed by atoms with van der Waals surface area (Å²) in [6, 6.07) is 2.39. The third kappa shape index (κ3) is 6.21. The van der Waals surface area contributed by atoms with Crippen LogP contribution in [-0.2, 0) is 5.41 Å². The third-order valence-corrected chi connectivity index (χ3v) is 3.58. The van der Waals surface area contributed by atoms with Crippen LogP contribution in [0.1, 0.15) is 66.6 Å². The van der Waals surface area contributed by atoms with E-state index in [0.717, 1.165) is 22.2 Å². The van der Waals surface area contributed by atoms with E-state index >= 15 is 0 Å². The maximum atomic E-state index is 4.64. The number of nitrogens with zero attached hydrogens (tertiary/aromatic N) is 2. The molecule has 0 aliphatic rings. The first kappa shape index (κ1) is 17.4. The largest absolute Gasteiger partial charge is 0.367 e. The van der Waals surface area contributed by atoms with Crippen LogP contribution in [0.3, 0.4) is 0 Å². The Bertz CT molecular complexity index is 424. The van der Waals surface area contributed by atoms with Gasteiger partial charge in [0.2, 0.25) is 0 Å². The van der Waals surface area contributed by atoms with Gasteiger partial charge in [0.05, 0.1) is 0 Å². The quantitative estimate of drug-likeness (QED) is 0.725. The molecule has 1 N–H and O–H groups in total. The zero-order valence-electron chi connectivity index (χ0n) is 13.6. The van der Waals surface area contributed by atoms with Gasteiger partial charge in [-0.2, -0.15) is 0 Å². The molecule has 1 heterocycles. The number of anilines is 1. The molecule has 0 saturated heterocycles. The Kier molecular flexibility index (Phi) is 6.44. The van der Waals surface area contributed by atoms with Gasteiger partial charge in [0.15, 0.2) is 0 Å². The van der Waals surface area contributed by atoms with Crippen molar-refractivity contribution in [1.82, 2.24) is 9.97 Å². The van der Waals surface area contributed by atoms with E-state index in [-0.39, 0.29) is 5.41 Å². The van der Waals surface area contributed by atoms with Crippen molar-refractivity contribution >= 4 is 21.7 Å². The minimum absolute atomic E-state index is 0.0406. The van der Waals surface area contributed by atoms with E-state index in [1.165, 1.54) is 19.3 Å². The Hall–Kier alpha value is -0.640. The lowest BCUT2D eigenvalue weighted by Crippen LogP contribution is -2.20. The second-order valence-corrected chi connectivity index (χ2v) is 7.83. The molecule has 0 radical (unpaired) electrons. The van der Waals surface area contributed by atoms with Gasteiger partial charge >= 0.3 is 0 Å². The van der Waals surface area contributed by atoms with Crippen LogP contribution in [0.4, 0.5) is 5.82 Å². The number of aromatic nitrogens is 2. The molecule has 1 rings (SSSR count). The van der Waals surface area contributed by atoms with Crippen molar-refractivity contribution in [2.75, 3.05) is 5.32 Å². The molecule has 0 saturated carbocycles.